The van der Waals surface area contributed by atoms with Gasteiger partial charge in [0.2, 0.25) is 10.3 Å². The van der Waals surface area contributed by atoms with Crippen molar-refractivity contribution in [3.8, 4) is 34.5 Å². The maximum Gasteiger partial charge on any atom is 1.00 e. The second-order valence-electron chi connectivity index (χ2n) is 17.4. The van der Waals surface area contributed by atoms with Crippen molar-refractivity contribution in [1.29, 1.82) is 0 Å². The molecule has 0 radical (unpaired) electrons. The third-order valence-electron chi connectivity index (χ3n) is 12.1. The topological polar surface area (TPSA) is 374 Å². The van der Waals surface area contributed by atoms with Gasteiger partial charge in [0.15, 0.2) is 13.2 Å². The fourth-order valence-electron chi connectivity index (χ4n) is 8.24. The van der Waals surface area contributed by atoms with Crippen molar-refractivity contribution in [3.63, 3.8) is 0 Å². The minimum Gasteiger partial charge on any atom is -0.545 e. The van der Waals surface area contributed by atoms with Crippen LogP contribution in [0.3, 0.4) is 0 Å². The van der Waals surface area contributed by atoms with Crippen LogP contribution in [0.25, 0.3) is 22.1 Å². The van der Waals surface area contributed by atoms with E-state index in [1.54, 1.807) is 52.2 Å². The largest absolute Gasteiger partial charge is 1.00 e. The third kappa shape index (κ3) is 14.4. The summed E-state index contributed by atoms with van der Waals surface area (Å²) < 4.78 is 116. The number of aromatic nitrogens is 6. The van der Waals surface area contributed by atoms with Gasteiger partial charge in [-0.05, 0) is 88.4 Å². The SMILES string of the molecule is COc1ccc2nc(S(=O)Cc3ncc(C)c(OC)c3C)n(S(=O)(=O)c3ccc(OCC(=O)O)c(C(=O)[O-])c3)c2c1.COc1ccc2nc(S(=O)Cc3ncc(C)c(OC)c3C)n(S(=O)(=O)c3ccc(OCC(=O)O)c(C(=O)[O-])c3)c2c1.[Na+].[Na+]. The summed E-state index contributed by atoms with van der Waals surface area (Å²) in [5.74, 6) is -5.84. The minimum atomic E-state index is -4.65. The van der Waals surface area contributed by atoms with Gasteiger partial charge in [0.25, 0.3) is 20.0 Å². The van der Waals surface area contributed by atoms with Crippen molar-refractivity contribution in [2.75, 3.05) is 41.7 Å². The van der Waals surface area contributed by atoms with E-state index in [0.29, 0.717) is 45.5 Å². The smallest absolute Gasteiger partial charge is 0.545 e. The fraction of sp³-hybridized carbons (Fsp3) is 0.231. The van der Waals surface area contributed by atoms with E-state index in [4.69, 9.17) is 38.6 Å². The molecule has 0 spiro atoms. The Bertz CT molecular complexity index is 3910. The summed E-state index contributed by atoms with van der Waals surface area (Å²) in [4.78, 5) is 61.6. The molecule has 26 nitrogen and oxygen atoms in total. The van der Waals surface area contributed by atoms with Crippen LogP contribution >= 0.6 is 0 Å². The molecule has 8 rings (SSSR count). The average Bonchev–Trinajstić information content (AvgIpc) is 2.82. The Morgan fingerprint density at radius 1 is 0.548 bits per heavy atom. The molecule has 0 aliphatic carbocycles. The van der Waals surface area contributed by atoms with Crippen LogP contribution in [0.5, 0.6) is 34.5 Å². The normalized spacial score (nSPS) is 11.9. The zero-order valence-electron chi connectivity index (χ0n) is 46.5. The number of carbonyl (C=O) groups excluding carboxylic acids is 2. The van der Waals surface area contributed by atoms with E-state index >= 15 is 0 Å². The molecule has 0 saturated carbocycles. The van der Waals surface area contributed by atoms with Gasteiger partial charge in [0.05, 0.1) is 117 Å². The van der Waals surface area contributed by atoms with Crippen LogP contribution in [0.1, 0.15) is 54.4 Å². The van der Waals surface area contributed by atoms with Crippen molar-refractivity contribution in [2.24, 2.45) is 0 Å². The number of carboxylic acids is 4. The molecule has 0 amide bonds. The van der Waals surface area contributed by atoms with Gasteiger partial charge in [-0.25, -0.2) is 44.3 Å². The summed E-state index contributed by atoms with van der Waals surface area (Å²) in [5.41, 5.74) is 2.63. The predicted octanol–water partition coefficient (Wildman–Crippen LogP) is -3.12. The van der Waals surface area contributed by atoms with E-state index in [2.05, 4.69) is 19.9 Å². The summed E-state index contributed by atoms with van der Waals surface area (Å²) in [7, 11) is -7.68. The molecule has 32 heteroatoms. The molecular formula is C52H48N6Na2O20S4. The number of carboxylic acid groups (broad SMARTS) is 4. The van der Waals surface area contributed by atoms with Crippen LogP contribution in [0, 0.1) is 27.7 Å². The first-order chi connectivity index (χ1) is 38.8. The van der Waals surface area contributed by atoms with Gasteiger partial charge in [-0.3, -0.25) is 18.4 Å². The number of fused-ring (bicyclic) bond motifs is 2. The first-order valence-corrected chi connectivity index (χ1v) is 29.1. The number of aliphatic carboxylic acids is 2. The van der Waals surface area contributed by atoms with Gasteiger partial charge < -0.3 is 58.4 Å². The molecule has 84 heavy (non-hydrogen) atoms. The molecule has 4 aromatic carbocycles. The maximum absolute atomic E-state index is 14.0. The van der Waals surface area contributed by atoms with Crippen LogP contribution in [-0.4, -0.2) is 129 Å². The first-order valence-electron chi connectivity index (χ1n) is 23.6. The number of aromatic carboxylic acids is 2. The first kappa shape index (κ1) is 67.8. The van der Waals surface area contributed by atoms with Crippen molar-refractivity contribution < 1.29 is 152 Å². The number of ether oxygens (including phenoxy) is 6. The van der Waals surface area contributed by atoms with Crippen LogP contribution in [-0.2, 0) is 62.7 Å². The third-order valence-corrected chi connectivity index (χ3v) is 18.2. The summed E-state index contributed by atoms with van der Waals surface area (Å²) >= 11 is 0. The summed E-state index contributed by atoms with van der Waals surface area (Å²) in [5, 5.41) is 40.6. The molecule has 8 aromatic rings. The Kier molecular flexibility index (Phi) is 22.8. The van der Waals surface area contributed by atoms with E-state index in [9.17, 15) is 54.6 Å². The number of methoxy groups -OCH3 is 4. The Labute approximate surface area is 528 Å². The maximum atomic E-state index is 14.0. The Morgan fingerprint density at radius 3 is 1.21 bits per heavy atom. The number of hydrogen-bond acceptors (Lipinski definition) is 22. The van der Waals surface area contributed by atoms with Gasteiger partial charge in [-0.1, -0.05) is 0 Å². The predicted molar refractivity (Wildman–Crippen MR) is 286 cm³/mol. The monoisotopic (exact) mass is 1250 g/mol. The number of aryl methyl sites for hydroxylation is 2. The van der Waals surface area contributed by atoms with E-state index in [1.807, 2.05) is 0 Å². The molecule has 0 fully saturated rings. The molecule has 432 valence electrons. The Morgan fingerprint density at radius 2 is 0.905 bits per heavy atom. The molecule has 0 saturated heterocycles. The number of imidazole rings is 2. The second kappa shape index (κ2) is 28.3. The van der Waals surface area contributed by atoms with E-state index in [1.165, 1.54) is 52.7 Å². The number of nitrogens with zero attached hydrogens (tertiary/aromatic N) is 6. The zero-order valence-corrected chi connectivity index (χ0v) is 53.7. The van der Waals surface area contributed by atoms with Crippen LogP contribution in [0.2, 0.25) is 0 Å². The van der Waals surface area contributed by atoms with E-state index < -0.39 is 111 Å². The molecule has 4 aromatic heterocycles. The summed E-state index contributed by atoms with van der Waals surface area (Å²) in [6.45, 7) is 5.37. The number of rotatable bonds is 22. The van der Waals surface area contributed by atoms with Crippen LogP contribution < -0.4 is 97.7 Å². The molecule has 0 aliphatic heterocycles. The van der Waals surface area contributed by atoms with Gasteiger partial charge in [-0.15, -0.1) is 0 Å². The van der Waals surface area contributed by atoms with Crippen molar-refractivity contribution in [2.45, 2.75) is 59.3 Å². The van der Waals surface area contributed by atoms with Crippen molar-refractivity contribution in [1.82, 2.24) is 27.9 Å². The fourth-order valence-corrected chi connectivity index (χ4v) is 14.4. The molecule has 2 unspecified atom stereocenters. The van der Waals surface area contributed by atoms with Crippen molar-refractivity contribution in [3.05, 3.63) is 130 Å². The average molecular weight is 1250 g/mol. The minimum absolute atomic E-state index is 0. The quantitative estimate of drug-likeness (QED) is 0.0634. The van der Waals surface area contributed by atoms with Gasteiger partial charge in [0, 0.05) is 57.9 Å². The molecule has 0 aliphatic rings. The van der Waals surface area contributed by atoms with E-state index in [-0.39, 0.29) is 103 Å². The van der Waals surface area contributed by atoms with Crippen LogP contribution in [0.4, 0.5) is 0 Å². The number of hydrogen-bond donors (Lipinski definition) is 2. The second-order valence-corrected chi connectivity index (χ2v) is 23.6. The summed E-state index contributed by atoms with van der Waals surface area (Å²) in [6, 6.07) is 14.5. The van der Waals surface area contributed by atoms with Crippen LogP contribution in [0.15, 0.2) is 105 Å². The number of pyridine rings is 2. The standard InChI is InChI=1S/2C26H25N3O10S2.2Na/c2*1-14-11-27-20(15(2)24(14)38-4)13-40(34)26-28-19-7-5-16(37-3)9-21(19)29(26)41(35,36)17-6-8-22(39-12-23(30)31)18(10-17)25(32)33;;/h2*5-11H,12-13H2,1-4H3,(H,30,31)(H,32,33);;/q;;2*+1/p-2. The van der Waals surface area contributed by atoms with Crippen molar-refractivity contribution >= 4 is 87.6 Å². The molecule has 0 bridgehead atoms. The zero-order chi connectivity index (χ0) is 60.1. The van der Waals surface area contributed by atoms with Gasteiger partial charge in [-0.2, -0.15) is 0 Å². The van der Waals surface area contributed by atoms with E-state index in [0.717, 1.165) is 55.5 Å². The molecule has 2 N–H and O–H groups in total. The summed E-state index contributed by atoms with van der Waals surface area (Å²) in [6.07, 6.45) is 3.11. The molecule has 2 atom stereocenters. The Balaban J connectivity index is 0.000000300. The molecular weight excluding hydrogens is 1200 g/mol. The number of carbonyl (C=O) groups is 4. The Hall–Kier alpha value is -7.00. The molecule has 4 heterocycles. The van der Waals surface area contributed by atoms with Gasteiger partial charge >= 0.3 is 71.1 Å². The number of benzene rings is 4. The van der Waals surface area contributed by atoms with Gasteiger partial charge in [0.1, 0.15) is 34.5 Å².